The van der Waals surface area contributed by atoms with Crippen LogP contribution in [0.5, 0.6) is 11.5 Å². The van der Waals surface area contributed by atoms with Crippen molar-refractivity contribution in [3.05, 3.63) is 23.3 Å². The Hall–Kier alpha value is -1.26. The number of phenolic OH excluding ortho intramolecular Hbond substituents is 2. The van der Waals surface area contributed by atoms with Crippen molar-refractivity contribution < 1.29 is 14.9 Å². The van der Waals surface area contributed by atoms with Gasteiger partial charge in [-0.2, -0.15) is 0 Å². The third-order valence-corrected chi connectivity index (χ3v) is 2.73. The zero-order chi connectivity index (χ0) is 11.7. The summed E-state index contributed by atoms with van der Waals surface area (Å²) in [6.45, 7) is 5.23. The summed E-state index contributed by atoms with van der Waals surface area (Å²) in [5.41, 5.74) is 1.67. The normalized spacial score (nSPS) is 19.1. The molecule has 16 heavy (non-hydrogen) atoms. The average molecular weight is 223 g/mol. The third kappa shape index (κ3) is 2.13. The molecule has 1 unspecified atom stereocenters. The Morgan fingerprint density at radius 3 is 2.88 bits per heavy atom. The number of benzene rings is 1. The standard InChI is InChI=1S/C12H17NO3/c1-7(2)13-5-12-9-3-8(14)4-11(15)10(9)6-16-12/h3-4,7,12-15H,5-6H2,1-2H3. The summed E-state index contributed by atoms with van der Waals surface area (Å²) in [7, 11) is 0. The fraction of sp³-hybridized carbons (Fsp3) is 0.500. The minimum absolute atomic E-state index is 0.0799. The van der Waals surface area contributed by atoms with E-state index in [4.69, 9.17) is 4.74 Å². The first kappa shape index (κ1) is 11.2. The summed E-state index contributed by atoms with van der Waals surface area (Å²) in [5, 5.41) is 22.4. The molecular weight excluding hydrogens is 206 g/mol. The van der Waals surface area contributed by atoms with Gasteiger partial charge in [-0.15, -0.1) is 0 Å². The first-order valence-electron chi connectivity index (χ1n) is 5.47. The monoisotopic (exact) mass is 223 g/mol. The van der Waals surface area contributed by atoms with Gasteiger partial charge >= 0.3 is 0 Å². The van der Waals surface area contributed by atoms with Crippen LogP contribution in [0.25, 0.3) is 0 Å². The summed E-state index contributed by atoms with van der Waals surface area (Å²) in [4.78, 5) is 0. The molecule has 1 aliphatic heterocycles. The molecule has 4 nitrogen and oxygen atoms in total. The maximum absolute atomic E-state index is 9.65. The molecule has 1 aromatic carbocycles. The van der Waals surface area contributed by atoms with Crippen LogP contribution in [0.3, 0.4) is 0 Å². The van der Waals surface area contributed by atoms with E-state index >= 15 is 0 Å². The van der Waals surface area contributed by atoms with Crippen LogP contribution in [0, 0.1) is 0 Å². The van der Waals surface area contributed by atoms with Gasteiger partial charge in [-0.25, -0.2) is 0 Å². The molecule has 1 aromatic rings. The van der Waals surface area contributed by atoms with Crippen LogP contribution in [-0.4, -0.2) is 22.8 Å². The molecule has 1 atom stereocenters. The predicted octanol–water partition coefficient (Wildman–Crippen LogP) is 1.67. The van der Waals surface area contributed by atoms with Crippen molar-refractivity contribution in [2.45, 2.75) is 32.6 Å². The van der Waals surface area contributed by atoms with Crippen molar-refractivity contribution in [3.8, 4) is 11.5 Å². The van der Waals surface area contributed by atoms with Crippen LogP contribution >= 0.6 is 0 Å². The van der Waals surface area contributed by atoms with Crippen LogP contribution < -0.4 is 5.32 Å². The van der Waals surface area contributed by atoms with Crippen molar-refractivity contribution in [1.29, 1.82) is 0 Å². The Kier molecular flexibility index (Phi) is 3.03. The van der Waals surface area contributed by atoms with Crippen LogP contribution in [0.4, 0.5) is 0 Å². The van der Waals surface area contributed by atoms with Crippen molar-refractivity contribution in [1.82, 2.24) is 5.32 Å². The molecule has 1 heterocycles. The average Bonchev–Trinajstić information content (AvgIpc) is 2.58. The quantitative estimate of drug-likeness (QED) is 0.729. The predicted molar refractivity (Wildman–Crippen MR) is 60.4 cm³/mol. The highest BCUT2D eigenvalue weighted by molar-refractivity contribution is 5.47. The summed E-state index contributed by atoms with van der Waals surface area (Å²) in [6.07, 6.45) is -0.0876. The highest BCUT2D eigenvalue weighted by Crippen LogP contribution is 2.38. The lowest BCUT2D eigenvalue weighted by atomic mass is 10.0. The fourth-order valence-corrected chi connectivity index (χ4v) is 1.89. The number of hydrogen-bond donors (Lipinski definition) is 3. The molecule has 2 rings (SSSR count). The molecule has 0 bridgehead atoms. The zero-order valence-corrected chi connectivity index (χ0v) is 9.53. The largest absolute Gasteiger partial charge is 0.508 e. The molecule has 1 aliphatic rings. The summed E-state index contributed by atoms with van der Waals surface area (Å²) < 4.78 is 5.58. The van der Waals surface area contributed by atoms with Gasteiger partial charge < -0.3 is 20.3 Å². The molecule has 3 N–H and O–H groups in total. The molecule has 0 saturated heterocycles. The van der Waals surface area contributed by atoms with Gasteiger partial charge in [-0.3, -0.25) is 0 Å². The highest BCUT2D eigenvalue weighted by atomic mass is 16.5. The number of hydrogen-bond acceptors (Lipinski definition) is 4. The van der Waals surface area contributed by atoms with Crippen molar-refractivity contribution >= 4 is 0 Å². The van der Waals surface area contributed by atoms with E-state index in [9.17, 15) is 10.2 Å². The van der Waals surface area contributed by atoms with E-state index in [0.717, 1.165) is 11.1 Å². The number of phenols is 2. The molecule has 0 amide bonds. The van der Waals surface area contributed by atoms with E-state index < -0.39 is 0 Å². The van der Waals surface area contributed by atoms with E-state index in [2.05, 4.69) is 19.2 Å². The van der Waals surface area contributed by atoms with Crippen LogP contribution in [-0.2, 0) is 11.3 Å². The molecular formula is C12H17NO3. The van der Waals surface area contributed by atoms with E-state index in [0.29, 0.717) is 19.2 Å². The summed E-state index contributed by atoms with van der Waals surface area (Å²) in [5.74, 6) is 0.193. The second kappa shape index (κ2) is 4.31. The van der Waals surface area contributed by atoms with Crippen LogP contribution in [0.2, 0.25) is 0 Å². The minimum Gasteiger partial charge on any atom is -0.508 e. The van der Waals surface area contributed by atoms with Gasteiger partial charge in [-0.1, -0.05) is 13.8 Å². The van der Waals surface area contributed by atoms with Gasteiger partial charge in [-0.05, 0) is 11.6 Å². The lowest BCUT2D eigenvalue weighted by Gasteiger charge is -2.14. The molecule has 0 radical (unpaired) electrons. The van der Waals surface area contributed by atoms with E-state index in [-0.39, 0.29) is 17.6 Å². The first-order chi connectivity index (χ1) is 7.58. The molecule has 4 heteroatoms. The van der Waals surface area contributed by atoms with Crippen LogP contribution in [0.15, 0.2) is 12.1 Å². The maximum atomic E-state index is 9.65. The Bertz CT molecular complexity index is 390. The Labute approximate surface area is 94.9 Å². The van der Waals surface area contributed by atoms with Gasteiger partial charge in [0.05, 0.1) is 12.7 Å². The summed E-state index contributed by atoms with van der Waals surface area (Å²) >= 11 is 0. The van der Waals surface area contributed by atoms with Crippen molar-refractivity contribution in [2.75, 3.05) is 6.54 Å². The van der Waals surface area contributed by atoms with Gasteiger partial charge in [0, 0.05) is 24.2 Å². The summed E-state index contributed by atoms with van der Waals surface area (Å²) in [6, 6.07) is 3.40. The smallest absolute Gasteiger partial charge is 0.125 e. The SMILES string of the molecule is CC(C)NCC1OCc2c(O)cc(O)cc21. The van der Waals surface area contributed by atoms with E-state index in [1.807, 2.05) is 0 Å². The van der Waals surface area contributed by atoms with E-state index in [1.165, 1.54) is 6.07 Å². The molecule has 88 valence electrons. The molecule has 0 saturated carbocycles. The molecule has 0 fully saturated rings. The number of fused-ring (bicyclic) bond motifs is 1. The second-order valence-electron chi connectivity index (χ2n) is 4.40. The topological polar surface area (TPSA) is 61.7 Å². The van der Waals surface area contributed by atoms with Crippen molar-refractivity contribution in [2.24, 2.45) is 0 Å². The van der Waals surface area contributed by atoms with Gasteiger partial charge in [0.2, 0.25) is 0 Å². The third-order valence-electron chi connectivity index (χ3n) is 2.73. The number of aromatic hydroxyl groups is 2. The van der Waals surface area contributed by atoms with Gasteiger partial charge in [0.1, 0.15) is 11.5 Å². The fourth-order valence-electron chi connectivity index (χ4n) is 1.89. The van der Waals surface area contributed by atoms with Gasteiger partial charge in [0.25, 0.3) is 0 Å². The Balaban J connectivity index is 2.19. The number of rotatable bonds is 3. The van der Waals surface area contributed by atoms with E-state index in [1.54, 1.807) is 6.07 Å². The number of ether oxygens (including phenoxy) is 1. The van der Waals surface area contributed by atoms with Gasteiger partial charge in [0.15, 0.2) is 0 Å². The molecule has 0 spiro atoms. The second-order valence-corrected chi connectivity index (χ2v) is 4.40. The Morgan fingerprint density at radius 1 is 1.44 bits per heavy atom. The lowest BCUT2D eigenvalue weighted by molar-refractivity contribution is 0.0642. The highest BCUT2D eigenvalue weighted by Gasteiger charge is 2.26. The number of nitrogens with one attached hydrogen (secondary N) is 1. The maximum Gasteiger partial charge on any atom is 0.125 e. The molecule has 0 aromatic heterocycles. The molecule has 0 aliphatic carbocycles. The first-order valence-corrected chi connectivity index (χ1v) is 5.47. The lowest BCUT2D eigenvalue weighted by Crippen LogP contribution is -2.27. The Morgan fingerprint density at radius 2 is 2.19 bits per heavy atom. The van der Waals surface area contributed by atoms with Crippen LogP contribution in [0.1, 0.15) is 31.1 Å². The minimum atomic E-state index is -0.0876. The zero-order valence-electron chi connectivity index (χ0n) is 9.53. The van der Waals surface area contributed by atoms with Crippen molar-refractivity contribution in [3.63, 3.8) is 0 Å².